The van der Waals surface area contributed by atoms with Crippen molar-refractivity contribution in [2.45, 2.75) is 294 Å². The smallest absolute Gasteiger partial charge is 0.220 e. The quantitative estimate of drug-likeness (QED) is 0.0262. The molecule has 1 heterocycles. The summed E-state index contributed by atoms with van der Waals surface area (Å²) in [5.41, 5.74) is 0. The van der Waals surface area contributed by atoms with Crippen molar-refractivity contribution in [3.8, 4) is 0 Å². The summed E-state index contributed by atoms with van der Waals surface area (Å²) in [6, 6.07) is -0.817. The largest absolute Gasteiger partial charge is 0.394 e. The van der Waals surface area contributed by atoms with Gasteiger partial charge in [-0.15, -0.1) is 0 Å². The summed E-state index contributed by atoms with van der Waals surface area (Å²) in [5.74, 6) is -0.183. The molecule has 9 heteroatoms. The van der Waals surface area contributed by atoms with Gasteiger partial charge in [0, 0.05) is 6.42 Å². The van der Waals surface area contributed by atoms with Gasteiger partial charge in [0.2, 0.25) is 5.91 Å². The van der Waals surface area contributed by atoms with E-state index in [-0.39, 0.29) is 12.5 Å². The van der Waals surface area contributed by atoms with Crippen LogP contribution < -0.4 is 5.32 Å². The lowest BCUT2D eigenvalue weighted by atomic mass is 9.99. The summed E-state index contributed by atoms with van der Waals surface area (Å²) in [6.07, 6.45) is 46.8. The third kappa shape index (κ3) is 33.2. The second-order valence-electron chi connectivity index (χ2n) is 18.7. The molecule has 1 amide bonds. The van der Waals surface area contributed by atoms with Gasteiger partial charge in [-0.25, -0.2) is 0 Å². The topological polar surface area (TPSA) is 149 Å². The van der Waals surface area contributed by atoms with E-state index in [0.717, 1.165) is 38.5 Å². The Balaban J connectivity index is 2.20. The van der Waals surface area contributed by atoms with Crippen molar-refractivity contribution < 1.29 is 39.8 Å². The molecule has 0 aromatic carbocycles. The molecule has 1 aliphatic heterocycles. The van der Waals surface area contributed by atoms with Gasteiger partial charge in [0.1, 0.15) is 24.4 Å². The fourth-order valence-corrected chi connectivity index (χ4v) is 8.53. The highest BCUT2D eigenvalue weighted by molar-refractivity contribution is 5.76. The highest BCUT2D eigenvalue weighted by atomic mass is 16.7. The molecule has 0 radical (unpaired) electrons. The molecule has 7 unspecified atom stereocenters. The summed E-state index contributed by atoms with van der Waals surface area (Å²) in [4.78, 5) is 13.0. The lowest BCUT2D eigenvalue weighted by Crippen LogP contribution is -2.60. The van der Waals surface area contributed by atoms with E-state index < -0.39 is 49.5 Å². The molecule has 0 aliphatic carbocycles. The van der Waals surface area contributed by atoms with Crippen molar-refractivity contribution in [1.82, 2.24) is 5.32 Å². The molecule has 1 aliphatic rings. The van der Waals surface area contributed by atoms with Gasteiger partial charge in [-0.1, -0.05) is 237 Å². The van der Waals surface area contributed by atoms with Crippen LogP contribution in [0.3, 0.4) is 0 Å². The number of unbranched alkanes of at least 4 members (excludes halogenated alkanes) is 33. The Labute approximate surface area is 381 Å². The number of allylic oxidation sites excluding steroid dienone is 3. The summed E-state index contributed by atoms with van der Waals surface area (Å²) >= 11 is 0. The molecular formula is C53H101NO8. The zero-order valence-electron chi connectivity index (χ0n) is 40.4. The summed E-state index contributed by atoms with van der Waals surface area (Å²) in [7, 11) is 0. The minimum Gasteiger partial charge on any atom is -0.394 e. The number of carbonyl (C=O) groups is 1. The fraction of sp³-hybridized carbons (Fsp3) is 0.906. The fourth-order valence-electron chi connectivity index (χ4n) is 8.53. The maximum absolute atomic E-state index is 13.0. The van der Waals surface area contributed by atoms with E-state index >= 15 is 0 Å². The molecule has 366 valence electrons. The van der Waals surface area contributed by atoms with Gasteiger partial charge in [-0.05, 0) is 32.1 Å². The highest BCUT2D eigenvalue weighted by Crippen LogP contribution is 2.23. The van der Waals surface area contributed by atoms with E-state index in [9.17, 15) is 30.3 Å². The third-order valence-corrected chi connectivity index (χ3v) is 12.8. The Morgan fingerprint density at radius 3 is 1.35 bits per heavy atom. The number of rotatable bonds is 45. The van der Waals surface area contributed by atoms with Crippen LogP contribution in [0.4, 0.5) is 0 Å². The van der Waals surface area contributed by atoms with Gasteiger partial charge in [0.25, 0.3) is 0 Å². The van der Waals surface area contributed by atoms with Crippen LogP contribution >= 0.6 is 0 Å². The highest BCUT2D eigenvalue weighted by Gasteiger charge is 2.44. The van der Waals surface area contributed by atoms with Crippen LogP contribution in [0.15, 0.2) is 24.3 Å². The second kappa shape index (κ2) is 43.6. The zero-order valence-corrected chi connectivity index (χ0v) is 40.4. The average Bonchev–Trinajstić information content (AvgIpc) is 3.27. The Morgan fingerprint density at radius 1 is 0.532 bits per heavy atom. The standard InChI is InChI=1S/C53H101NO8/c1-3-5-7-9-11-13-15-17-18-19-20-21-22-23-24-25-26-27-28-29-31-33-35-37-39-41-43-49(57)54-46(45-61-53-52(60)51(59)50(58)48(44-55)62-53)47(56)42-40-38-36-34-32-30-16-14-12-10-8-6-4-2/h32,34,40,42,46-48,50-53,55-56,58-60H,3-31,33,35-39,41,43-45H2,1-2H3,(H,54,57)/b34-32+,42-40+. The number of hydrogen-bond donors (Lipinski definition) is 6. The lowest BCUT2D eigenvalue weighted by Gasteiger charge is -2.40. The number of aliphatic hydroxyl groups excluding tert-OH is 5. The molecule has 0 aromatic rings. The van der Waals surface area contributed by atoms with E-state index in [1.807, 2.05) is 6.08 Å². The van der Waals surface area contributed by atoms with E-state index in [1.165, 1.54) is 193 Å². The van der Waals surface area contributed by atoms with Gasteiger partial charge in [0.15, 0.2) is 6.29 Å². The van der Waals surface area contributed by atoms with E-state index in [0.29, 0.717) is 6.42 Å². The van der Waals surface area contributed by atoms with Crippen LogP contribution in [0, 0.1) is 0 Å². The van der Waals surface area contributed by atoms with Gasteiger partial charge in [-0.2, -0.15) is 0 Å². The van der Waals surface area contributed by atoms with Gasteiger partial charge in [0.05, 0.1) is 25.4 Å². The van der Waals surface area contributed by atoms with Crippen molar-refractivity contribution in [3.05, 3.63) is 24.3 Å². The first-order valence-corrected chi connectivity index (χ1v) is 26.6. The first-order chi connectivity index (χ1) is 30.3. The molecular weight excluding hydrogens is 779 g/mol. The van der Waals surface area contributed by atoms with Crippen LogP contribution in [0.1, 0.15) is 251 Å². The van der Waals surface area contributed by atoms with Crippen molar-refractivity contribution in [2.24, 2.45) is 0 Å². The first kappa shape index (κ1) is 58.7. The summed E-state index contributed by atoms with van der Waals surface area (Å²) in [5, 5.41) is 54.3. The number of carbonyl (C=O) groups excluding carboxylic acids is 1. The number of ether oxygens (including phenoxy) is 2. The molecule has 0 saturated carbocycles. The summed E-state index contributed by atoms with van der Waals surface area (Å²) < 4.78 is 11.2. The summed E-state index contributed by atoms with van der Waals surface area (Å²) in [6.45, 7) is 3.77. The van der Waals surface area contributed by atoms with Crippen LogP contribution in [0.2, 0.25) is 0 Å². The molecule has 1 fully saturated rings. The molecule has 6 N–H and O–H groups in total. The Hall–Kier alpha value is -1.33. The number of nitrogens with one attached hydrogen (secondary N) is 1. The molecule has 9 nitrogen and oxygen atoms in total. The maximum Gasteiger partial charge on any atom is 0.220 e. The molecule has 1 rings (SSSR count). The maximum atomic E-state index is 13.0. The van der Waals surface area contributed by atoms with Crippen molar-refractivity contribution in [2.75, 3.05) is 13.2 Å². The number of aliphatic hydroxyl groups is 5. The normalized spacial score (nSPS) is 20.4. The number of hydrogen-bond acceptors (Lipinski definition) is 8. The van der Waals surface area contributed by atoms with Crippen LogP contribution in [0.5, 0.6) is 0 Å². The molecule has 62 heavy (non-hydrogen) atoms. The van der Waals surface area contributed by atoms with Gasteiger partial charge < -0.3 is 40.3 Å². The van der Waals surface area contributed by atoms with Crippen molar-refractivity contribution >= 4 is 5.91 Å². The predicted molar refractivity (Wildman–Crippen MR) is 258 cm³/mol. The van der Waals surface area contributed by atoms with Crippen molar-refractivity contribution in [3.63, 3.8) is 0 Å². The second-order valence-corrected chi connectivity index (χ2v) is 18.7. The average molecular weight is 880 g/mol. The van der Waals surface area contributed by atoms with E-state index in [2.05, 4.69) is 31.3 Å². The number of amides is 1. The first-order valence-electron chi connectivity index (χ1n) is 26.6. The van der Waals surface area contributed by atoms with Crippen LogP contribution in [0.25, 0.3) is 0 Å². The minimum absolute atomic E-state index is 0.183. The lowest BCUT2D eigenvalue weighted by molar-refractivity contribution is -0.302. The molecule has 7 atom stereocenters. The minimum atomic E-state index is -1.57. The monoisotopic (exact) mass is 880 g/mol. The Bertz CT molecular complexity index is 1020. The molecule has 0 spiro atoms. The Kier molecular flexibility index (Phi) is 41.2. The van der Waals surface area contributed by atoms with Gasteiger partial charge >= 0.3 is 0 Å². The zero-order chi connectivity index (χ0) is 45.1. The van der Waals surface area contributed by atoms with Gasteiger partial charge in [-0.3, -0.25) is 4.79 Å². The molecule has 0 aromatic heterocycles. The van der Waals surface area contributed by atoms with Crippen molar-refractivity contribution in [1.29, 1.82) is 0 Å². The van der Waals surface area contributed by atoms with E-state index in [4.69, 9.17) is 9.47 Å². The van der Waals surface area contributed by atoms with Crippen LogP contribution in [-0.4, -0.2) is 87.5 Å². The third-order valence-electron chi connectivity index (χ3n) is 12.8. The SMILES string of the molecule is CCCCCCCCC/C=C/CC/C=C/C(O)C(COC1OC(CO)C(O)C(O)C1O)NC(=O)CCCCCCCCCCCCCCCCCCCCCCCCCCCC. The van der Waals surface area contributed by atoms with E-state index in [1.54, 1.807) is 6.08 Å². The van der Waals surface area contributed by atoms with Crippen LogP contribution in [-0.2, 0) is 14.3 Å². The Morgan fingerprint density at radius 2 is 0.919 bits per heavy atom. The molecule has 0 bridgehead atoms. The molecule has 1 saturated heterocycles. The predicted octanol–water partition coefficient (Wildman–Crippen LogP) is 12.2.